The lowest BCUT2D eigenvalue weighted by atomic mass is 9.95. The fraction of sp³-hybridized carbons (Fsp3) is 0.333. The van der Waals surface area contributed by atoms with E-state index in [1.54, 1.807) is 0 Å². The van der Waals surface area contributed by atoms with Gasteiger partial charge in [0.2, 0.25) is 0 Å². The van der Waals surface area contributed by atoms with Crippen LogP contribution in [-0.2, 0) is 19.3 Å². The molecule has 3 N–H and O–H groups in total. The van der Waals surface area contributed by atoms with Crippen molar-refractivity contribution >= 4 is 28.2 Å². The van der Waals surface area contributed by atoms with Crippen LogP contribution in [0.3, 0.4) is 0 Å². The summed E-state index contributed by atoms with van der Waals surface area (Å²) in [5.74, 6) is -0.658. The van der Waals surface area contributed by atoms with Crippen molar-refractivity contribution in [1.82, 2.24) is 0 Å². The van der Waals surface area contributed by atoms with Gasteiger partial charge in [0.15, 0.2) is 0 Å². The van der Waals surface area contributed by atoms with Crippen LogP contribution in [0.1, 0.15) is 56.5 Å². The number of thiophene rings is 1. The molecule has 0 saturated heterocycles. The number of rotatable bonds is 4. The number of hydrogen-bond acceptors (Lipinski definition) is 3. The second-order valence-corrected chi connectivity index (χ2v) is 6.89. The molecule has 3 rings (SSSR count). The van der Waals surface area contributed by atoms with Gasteiger partial charge in [-0.15, -0.1) is 11.3 Å². The van der Waals surface area contributed by atoms with Gasteiger partial charge in [-0.3, -0.25) is 9.59 Å². The molecular weight excluding hydrogens is 308 g/mol. The van der Waals surface area contributed by atoms with Crippen LogP contribution in [0.15, 0.2) is 24.3 Å². The molecule has 1 heterocycles. The first-order valence-electron chi connectivity index (χ1n) is 7.94. The number of nitrogens with two attached hydrogens (primary N) is 1. The molecule has 0 atom stereocenters. The molecule has 0 radical (unpaired) electrons. The number of hydrogen-bond donors (Lipinski definition) is 2. The highest BCUT2D eigenvalue weighted by molar-refractivity contribution is 7.17. The van der Waals surface area contributed by atoms with E-state index in [2.05, 4.69) is 12.2 Å². The van der Waals surface area contributed by atoms with E-state index < -0.39 is 5.91 Å². The Morgan fingerprint density at radius 3 is 2.52 bits per heavy atom. The van der Waals surface area contributed by atoms with Crippen LogP contribution in [0.25, 0.3) is 0 Å². The smallest absolute Gasteiger partial charge is 0.256 e. The van der Waals surface area contributed by atoms with E-state index in [4.69, 9.17) is 5.73 Å². The SMILES string of the molecule is CCc1ccc(C(=O)Nc2sc3c(c2C(N)=O)CCCC3)cc1. The van der Waals surface area contributed by atoms with E-state index in [1.807, 2.05) is 24.3 Å². The van der Waals surface area contributed by atoms with E-state index in [0.29, 0.717) is 16.1 Å². The number of benzene rings is 1. The summed E-state index contributed by atoms with van der Waals surface area (Å²) in [5.41, 5.74) is 8.86. The topological polar surface area (TPSA) is 72.2 Å². The number of amides is 2. The van der Waals surface area contributed by atoms with Gasteiger partial charge in [0.05, 0.1) is 5.56 Å². The molecule has 0 aliphatic heterocycles. The first-order chi connectivity index (χ1) is 11.1. The standard InChI is InChI=1S/C18H20N2O2S/c1-2-11-7-9-12(10-8-11)17(22)20-18-15(16(19)21)13-5-3-4-6-14(13)23-18/h7-10H,2-6H2,1H3,(H2,19,21)(H,20,22). The minimum Gasteiger partial charge on any atom is -0.365 e. The molecule has 120 valence electrons. The number of anilines is 1. The minimum atomic E-state index is -0.457. The molecule has 1 aliphatic carbocycles. The maximum atomic E-state index is 12.4. The number of carbonyl (C=O) groups is 2. The Morgan fingerprint density at radius 1 is 1.17 bits per heavy atom. The highest BCUT2D eigenvalue weighted by Crippen LogP contribution is 2.38. The van der Waals surface area contributed by atoms with E-state index in [9.17, 15) is 9.59 Å². The van der Waals surface area contributed by atoms with Crippen LogP contribution in [0, 0.1) is 0 Å². The quantitative estimate of drug-likeness (QED) is 0.901. The second-order valence-electron chi connectivity index (χ2n) is 5.78. The van der Waals surface area contributed by atoms with E-state index in [0.717, 1.165) is 37.7 Å². The average Bonchev–Trinajstić information content (AvgIpc) is 2.92. The first-order valence-corrected chi connectivity index (χ1v) is 8.76. The molecule has 1 aromatic heterocycles. The molecule has 0 bridgehead atoms. The number of primary amides is 1. The Balaban J connectivity index is 1.88. The normalized spacial score (nSPS) is 13.4. The molecule has 0 spiro atoms. The summed E-state index contributed by atoms with van der Waals surface area (Å²) in [6, 6.07) is 7.52. The van der Waals surface area contributed by atoms with Crippen LogP contribution >= 0.6 is 11.3 Å². The second kappa shape index (κ2) is 6.54. The molecule has 5 heteroatoms. The predicted octanol–water partition coefficient (Wildman–Crippen LogP) is 3.54. The third-order valence-corrected chi connectivity index (χ3v) is 5.48. The first kappa shape index (κ1) is 15.7. The maximum Gasteiger partial charge on any atom is 0.256 e. The lowest BCUT2D eigenvalue weighted by Gasteiger charge is -2.11. The zero-order valence-corrected chi connectivity index (χ0v) is 14.0. The van der Waals surface area contributed by atoms with Crippen molar-refractivity contribution in [3.8, 4) is 0 Å². The van der Waals surface area contributed by atoms with Gasteiger partial charge < -0.3 is 11.1 Å². The summed E-state index contributed by atoms with van der Waals surface area (Å²) in [4.78, 5) is 25.5. The zero-order valence-electron chi connectivity index (χ0n) is 13.1. The molecule has 0 unspecified atom stereocenters. The van der Waals surface area contributed by atoms with Crippen molar-refractivity contribution in [3.05, 3.63) is 51.4 Å². The van der Waals surface area contributed by atoms with E-state index in [-0.39, 0.29) is 5.91 Å². The summed E-state index contributed by atoms with van der Waals surface area (Å²) in [6.45, 7) is 2.07. The predicted molar refractivity (Wildman–Crippen MR) is 93.3 cm³/mol. The van der Waals surface area contributed by atoms with Crippen LogP contribution in [0.5, 0.6) is 0 Å². The number of fused-ring (bicyclic) bond motifs is 1. The summed E-state index contributed by atoms with van der Waals surface area (Å²) < 4.78 is 0. The van der Waals surface area contributed by atoms with Gasteiger partial charge in [-0.05, 0) is 55.4 Å². The summed E-state index contributed by atoms with van der Waals surface area (Å²) in [5, 5.41) is 3.47. The summed E-state index contributed by atoms with van der Waals surface area (Å²) in [6.07, 6.45) is 4.95. The monoisotopic (exact) mass is 328 g/mol. The Morgan fingerprint density at radius 2 is 1.87 bits per heavy atom. The zero-order chi connectivity index (χ0) is 16.4. The van der Waals surface area contributed by atoms with Crippen molar-refractivity contribution in [2.75, 3.05) is 5.32 Å². The number of carbonyl (C=O) groups excluding carboxylic acids is 2. The van der Waals surface area contributed by atoms with E-state index in [1.165, 1.54) is 21.8 Å². The van der Waals surface area contributed by atoms with Gasteiger partial charge in [-0.2, -0.15) is 0 Å². The fourth-order valence-corrected chi connectivity index (χ4v) is 4.27. The van der Waals surface area contributed by atoms with Crippen LogP contribution < -0.4 is 11.1 Å². The van der Waals surface area contributed by atoms with Gasteiger partial charge in [-0.25, -0.2) is 0 Å². The Hall–Kier alpha value is -2.14. The maximum absolute atomic E-state index is 12.4. The summed E-state index contributed by atoms with van der Waals surface area (Å²) in [7, 11) is 0. The molecule has 1 aliphatic rings. The van der Waals surface area contributed by atoms with Crippen molar-refractivity contribution < 1.29 is 9.59 Å². The Kier molecular flexibility index (Phi) is 4.48. The third-order valence-electron chi connectivity index (χ3n) is 4.27. The molecule has 0 saturated carbocycles. The van der Waals surface area contributed by atoms with E-state index >= 15 is 0 Å². The third kappa shape index (κ3) is 3.15. The number of nitrogens with one attached hydrogen (secondary N) is 1. The molecular formula is C18H20N2O2S. The fourth-order valence-electron chi connectivity index (χ4n) is 2.98. The van der Waals surface area contributed by atoms with Crippen molar-refractivity contribution in [1.29, 1.82) is 0 Å². The molecule has 1 aromatic carbocycles. The van der Waals surface area contributed by atoms with Gasteiger partial charge in [0.1, 0.15) is 5.00 Å². The van der Waals surface area contributed by atoms with Gasteiger partial charge >= 0.3 is 0 Å². The highest BCUT2D eigenvalue weighted by Gasteiger charge is 2.25. The van der Waals surface area contributed by atoms with Gasteiger partial charge in [0, 0.05) is 10.4 Å². The van der Waals surface area contributed by atoms with Crippen molar-refractivity contribution in [3.63, 3.8) is 0 Å². The molecule has 2 amide bonds. The van der Waals surface area contributed by atoms with Crippen LogP contribution in [0.2, 0.25) is 0 Å². The van der Waals surface area contributed by atoms with Crippen molar-refractivity contribution in [2.24, 2.45) is 5.73 Å². The molecule has 2 aromatic rings. The van der Waals surface area contributed by atoms with Gasteiger partial charge in [-0.1, -0.05) is 19.1 Å². The van der Waals surface area contributed by atoms with Crippen LogP contribution in [0.4, 0.5) is 5.00 Å². The Bertz CT molecular complexity index is 747. The Labute approximate surface area is 139 Å². The number of aryl methyl sites for hydroxylation is 2. The average molecular weight is 328 g/mol. The van der Waals surface area contributed by atoms with Gasteiger partial charge in [0.25, 0.3) is 11.8 Å². The largest absolute Gasteiger partial charge is 0.365 e. The highest BCUT2D eigenvalue weighted by atomic mass is 32.1. The molecule has 23 heavy (non-hydrogen) atoms. The lowest BCUT2D eigenvalue weighted by molar-refractivity contribution is 0.100. The van der Waals surface area contributed by atoms with Crippen molar-refractivity contribution in [2.45, 2.75) is 39.0 Å². The minimum absolute atomic E-state index is 0.200. The van der Waals surface area contributed by atoms with Crippen LogP contribution in [-0.4, -0.2) is 11.8 Å². The molecule has 0 fully saturated rings. The summed E-state index contributed by atoms with van der Waals surface area (Å²) >= 11 is 1.49. The lowest BCUT2D eigenvalue weighted by Crippen LogP contribution is -2.18. The molecule has 4 nitrogen and oxygen atoms in total.